The van der Waals surface area contributed by atoms with E-state index in [9.17, 15) is 4.79 Å². The van der Waals surface area contributed by atoms with Gasteiger partial charge in [-0.3, -0.25) is 9.69 Å². The molecular weight excluding hydrogens is 348 g/mol. The summed E-state index contributed by atoms with van der Waals surface area (Å²) in [5.74, 6) is 0.0817. The highest BCUT2D eigenvalue weighted by molar-refractivity contribution is 6.13. The standard InChI is InChI=1S/C23H18N4O/c28-22-16-15-21(27-20-14-8-7-13-19(20)24-25-27)23(17-9-3-1-4-10-17)26(22)18-11-5-2-6-12-18/h1-14H,15-16H2. The zero-order chi connectivity index (χ0) is 18.9. The van der Waals surface area contributed by atoms with Crippen LogP contribution in [0.1, 0.15) is 18.4 Å². The van der Waals surface area contributed by atoms with E-state index in [4.69, 9.17) is 0 Å². The van der Waals surface area contributed by atoms with Crippen molar-refractivity contribution < 1.29 is 4.79 Å². The first-order valence-electron chi connectivity index (χ1n) is 9.30. The van der Waals surface area contributed by atoms with Crippen LogP contribution in [0.25, 0.3) is 22.4 Å². The van der Waals surface area contributed by atoms with E-state index < -0.39 is 0 Å². The van der Waals surface area contributed by atoms with E-state index in [1.807, 2.05) is 94.5 Å². The first kappa shape index (κ1) is 16.4. The fraction of sp³-hybridized carbons (Fsp3) is 0.0870. The Morgan fingerprint density at radius 2 is 1.43 bits per heavy atom. The summed E-state index contributed by atoms with van der Waals surface area (Å²) in [6.45, 7) is 0. The molecule has 28 heavy (non-hydrogen) atoms. The molecule has 1 amide bonds. The number of hydrogen-bond donors (Lipinski definition) is 0. The minimum absolute atomic E-state index is 0.0817. The van der Waals surface area contributed by atoms with E-state index in [0.717, 1.165) is 33.7 Å². The number of fused-ring (bicyclic) bond motifs is 1. The monoisotopic (exact) mass is 366 g/mol. The fourth-order valence-electron chi connectivity index (χ4n) is 3.73. The molecule has 3 aromatic carbocycles. The topological polar surface area (TPSA) is 51.0 Å². The number of anilines is 1. The predicted octanol–water partition coefficient (Wildman–Crippen LogP) is 4.58. The average Bonchev–Trinajstić information content (AvgIpc) is 3.19. The lowest BCUT2D eigenvalue weighted by molar-refractivity contribution is -0.117. The van der Waals surface area contributed by atoms with Gasteiger partial charge in [0.1, 0.15) is 5.52 Å². The molecule has 1 aromatic heterocycles. The molecular formula is C23H18N4O. The number of nitrogens with zero attached hydrogens (tertiary/aromatic N) is 4. The lowest BCUT2D eigenvalue weighted by atomic mass is 10.00. The van der Waals surface area contributed by atoms with Crippen molar-refractivity contribution in [1.29, 1.82) is 0 Å². The highest BCUT2D eigenvalue weighted by atomic mass is 16.2. The second-order valence-electron chi connectivity index (χ2n) is 6.72. The lowest BCUT2D eigenvalue weighted by Crippen LogP contribution is -2.34. The van der Waals surface area contributed by atoms with Crippen molar-refractivity contribution in [2.45, 2.75) is 12.8 Å². The van der Waals surface area contributed by atoms with Gasteiger partial charge in [-0.1, -0.05) is 65.9 Å². The maximum atomic E-state index is 13.0. The summed E-state index contributed by atoms with van der Waals surface area (Å²) < 4.78 is 1.88. The van der Waals surface area contributed by atoms with Crippen LogP contribution >= 0.6 is 0 Å². The van der Waals surface area contributed by atoms with Gasteiger partial charge >= 0.3 is 0 Å². The van der Waals surface area contributed by atoms with Gasteiger partial charge in [-0.25, -0.2) is 4.68 Å². The Labute approximate surface area is 162 Å². The number of carbonyl (C=O) groups excluding carboxylic acids is 1. The molecule has 0 unspecified atom stereocenters. The van der Waals surface area contributed by atoms with E-state index in [-0.39, 0.29) is 5.91 Å². The third-order valence-corrected chi connectivity index (χ3v) is 4.99. The van der Waals surface area contributed by atoms with Gasteiger partial charge in [0, 0.05) is 24.1 Å². The fourth-order valence-corrected chi connectivity index (χ4v) is 3.73. The number of aromatic nitrogens is 3. The largest absolute Gasteiger partial charge is 0.279 e. The van der Waals surface area contributed by atoms with Crippen molar-refractivity contribution in [1.82, 2.24) is 15.0 Å². The van der Waals surface area contributed by atoms with Crippen molar-refractivity contribution in [2.24, 2.45) is 0 Å². The van der Waals surface area contributed by atoms with Gasteiger partial charge in [-0.2, -0.15) is 0 Å². The third-order valence-electron chi connectivity index (χ3n) is 4.99. The zero-order valence-electron chi connectivity index (χ0n) is 15.2. The second kappa shape index (κ2) is 6.78. The van der Waals surface area contributed by atoms with Crippen molar-refractivity contribution in [3.05, 3.63) is 90.5 Å². The average molecular weight is 366 g/mol. The molecule has 0 spiro atoms. The van der Waals surface area contributed by atoms with Gasteiger partial charge in [-0.05, 0) is 24.3 Å². The van der Waals surface area contributed by atoms with Crippen LogP contribution in [-0.4, -0.2) is 20.9 Å². The van der Waals surface area contributed by atoms with Gasteiger partial charge in [0.15, 0.2) is 0 Å². The number of benzene rings is 3. The molecule has 1 aliphatic heterocycles. The molecule has 0 bridgehead atoms. The molecule has 5 rings (SSSR count). The molecule has 5 nitrogen and oxygen atoms in total. The third kappa shape index (κ3) is 2.68. The maximum absolute atomic E-state index is 13.0. The van der Waals surface area contributed by atoms with Gasteiger partial charge < -0.3 is 0 Å². The highest BCUT2D eigenvalue weighted by Crippen LogP contribution is 2.37. The number of carbonyl (C=O) groups is 1. The van der Waals surface area contributed by atoms with E-state index in [2.05, 4.69) is 10.3 Å². The number of rotatable bonds is 3. The molecule has 0 N–H and O–H groups in total. The van der Waals surface area contributed by atoms with Gasteiger partial charge in [0.05, 0.1) is 16.9 Å². The Balaban J connectivity index is 1.80. The maximum Gasteiger partial charge on any atom is 0.232 e. The Bertz CT molecular complexity index is 1180. The highest BCUT2D eigenvalue weighted by Gasteiger charge is 2.31. The smallest absolute Gasteiger partial charge is 0.232 e. The van der Waals surface area contributed by atoms with Gasteiger partial charge in [0.25, 0.3) is 0 Å². The van der Waals surface area contributed by atoms with Crippen LogP contribution in [0, 0.1) is 0 Å². The van der Waals surface area contributed by atoms with Crippen LogP contribution in [-0.2, 0) is 4.79 Å². The summed E-state index contributed by atoms with van der Waals surface area (Å²) >= 11 is 0. The molecule has 136 valence electrons. The number of para-hydroxylation sites is 2. The molecule has 1 aliphatic rings. The predicted molar refractivity (Wildman–Crippen MR) is 110 cm³/mol. The van der Waals surface area contributed by atoms with Crippen LogP contribution < -0.4 is 4.90 Å². The zero-order valence-corrected chi connectivity index (χ0v) is 15.2. The lowest BCUT2D eigenvalue weighted by Gasteiger charge is -2.32. The van der Waals surface area contributed by atoms with Gasteiger partial charge in [-0.15, -0.1) is 5.10 Å². The molecule has 2 heterocycles. The van der Waals surface area contributed by atoms with Crippen LogP contribution in [0.3, 0.4) is 0 Å². The Kier molecular flexibility index (Phi) is 3.98. The molecule has 0 aliphatic carbocycles. The second-order valence-corrected chi connectivity index (χ2v) is 6.72. The molecule has 0 atom stereocenters. The minimum atomic E-state index is 0.0817. The summed E-state index contributed by atoms with van der Waals surface area (Å²) in [5.41, 5.74) is 5.45. The summed E-state index contributed by atoms with van der Waals surface area (Å²) in [7, 11) is 0. The number of allylic oxidation sites excluding steroid dienone is 1. The van der Waals surface area contributed by atoms with Crippen LogP contribution in [0.15, 0.2) is 84.9 Å². The molecule has 0 saturated carbocycles. The molecule has 4 aromatic rings. The Morgan fingerprint density at radius 1 is 0.750 bits per heavy atom. The number of amides is 1. The molecule has 0 radical (unpaired) electrons. The van der Waals surface area contributed by atoms with Crippen molar-refractivity contribution in [3.8, 4) is 0 Å². The van der Waals surface area contributed by atoms with Crippen LogP contribution in [0.4, 0.5) is 5.69 Å². The Hall–Kier alpha value is -3.73. The first-order valence-corrected chi connectivity index (χ1v) is 9.30. The van der Waals surface area contributed by atoms with Crippen molar-refractivity contribution in [3.63, 3.8) is 0 Å². The van der Waals surface area contributed by atoms with Crippen LogP contribution in [0.2, 0.25) is 0 Å². The van der Waals surface area contributed by atoms with Gasteiger partial charge in [0.2, 0.25) is 5.91 Å². The molecule has 5 heteroatoms. The summed E-state index contributed by atoms with van der Waals surface area (Å²) in [6.07, 6.45) is 1.04. The van der Waals surface area contributed by atoms with Crippen molar-refractivity contribution >= 4 is 34.0 Å². The van der Waals surface area contributed by atoms with Crippen molar-refractivity contribution in [2.75, 3.05) is 4.90 Å². The summed E-state index contributed by atoms with van der Waals surface area (Å²) in [4.78, 5) is 14.8. The van der Waals surface area contributed by atoms with Crippen LogP contribution in [0.5, 0.6) is 0 Å². The molecule has 0 fully saturated rings. The van der Waals surface area contributed by atoms with E-state index in [0.29, 0.717) is 12.8 Å². The number of hydrogen-bond acceptors (Lipinski definition) is 3. The summed E-state index contributed by atoms with van der Waals surface area (Å²) in [6, 6.07) is 27.7. The minimum Gasteiger partial charge on any atom is -0.279 e. The normalized spacial score (nSPS) is 14.7. The Morgan fingerprint density at radius 3 is 2.21 bits per heavy atom. The van der Waals surface area contributed by atoms with E-state index in [1.54, 1.807) is 0 Å². The molecule has 0 saturated heterocycles. The quantitative estimate of drug-likeness (QED) is 0.533. The van der Waals surface area contributed by atoms with E-state index in [1.165, 1.54) is 0 Å². The SMILES string of the molecule is O=C1CCC(n2nnc3ccccc32)=C(c2ccccc2)N1c1ccccc1. The van der Waals surface area contributed by atoms with E-state index >= 15 is 0 Å². The summed E-state index contributed by atoms with van der Waals surface area (Å²) in [5, 5.41) is 8.73. The first-order chi connectivity index (χ1) is 13.8.